The lowest BCUT2D eigenvalue weighted by molar-refractivity contribution is 0.177. The highest BCUT2D eigenvalue weighted by Crippen LogP contribution is 2.27. The fraction of sp³-hybridized carbons (Fsp3) is 0.636. The summed E-state index contributed by atoms with van der Waals surface area (Å²) in [6.45, 7) is 0.498. The van der Waals surface area contributed by atoms with Crippen LogP contribution in [0.25, 0.3) is 0 Å². The molecule has 0 amide bonds. The molecule has 1 N–H and O–H groups in total. The molecule has 82 valence electrons. The summed E-state index contributed by atoms with van der Waals surface area (Å²) in [4.78, 5) is 8.83. The normalized spacial score (nSPS) is 20.0. The summed E-state index contributed by atoms with van der Waals surface area (Å²) in [7, 11) is 3.65. The molecule has 0 saturated carbocycles. The first-order valence-corrected chi connectivity index (χ1v) is 5.36. The van der Waals surface area contributed by atoms with Gasteiger partial charge in [0.05, 0.1) is 0 Å². The zero-order valence-electron chi connectivity index (χ0n) is 9.29. The molecule has 1 unspecified atom stereocenters. The Morgan fingerprint density at radius 2 is 2.47 bits per heavy atom. The summed E-state index contributed by atoms with van der Waals surface area (Å²) >= 11 is 0. The van der Waals surface area contributed by atoms with Gasteiger partial charge in [-0.2, -0.15) is 0 Å². The maximum atomic E-state index is 5.03. The molecule has 0 fully saturated rings. The molecular formula is C11H17N3O. The molecule has 0 aromatic carbocycles. The van der Waals surface area contributed by atoms with E-state index in [0.717, 1.165) is 12.2 Å². The highest BCUT2D eigenvalue weighted by molar-refractivity contribution is 5.24. The van der Waals surface area contributed by atoms with Gasteiger partial charge in [-0.1, -0.05) is 0 Å². The first kappa shape index (κ1) is 10.5. The summed E-state index contributed by atoms with van der Waals surface area (Å²) in [5.41, 5.74) is 2.44. The van der Waals surface area contributed by atoms with Gasteiger partial charge in [-0.05, 0) is 26.3 Å². The number of aromatic nitrogens is 2. The van der Waals surface area contributed by atoms with Crippen molar-refractivity contribution in [3.63, 3.8) is 0 Å². The molecule has 0 aliphatic heterocycles. The fourth-order valence-corrected chi connectivity index (χ4v) is 2.09. The molecule has 0 radical (unpaired) electrons. The van der Waals surface area contributed by atoms with Crippen molar-refractivity contribution < 1.29 is 4.74 Å². The van der Waals surface area contributed by atoms with Gasteiger partial charge in [0.1, 0.15) is 6.61 Å². The average molecular weight is 207 g/mol. The fourth-order valence-electron chi connectivity index (χ4n) is 2.09. The van der Waals surface area contributed by atoms with Crippen LogP contribution in [0, 0.1) is 0 Å². The Hall–Kier alpha value is -1.00. The van der Waals surface area contributed by atoms with Crippen molar-refractivity contribution in [2.75, 3.05) is 14.2 Å². The third-order valence-electron chi connectivity index (χ3n) is 2.85. The second kappa shape index (κ2) is 4.68. The zero-order chi connectivity index (χ0) is 10.7. The van der Waals surface area contributed by atoms with Crippen molar-refractivity contribution in [2.24, 2.45) is 0 Å². The second-order valence-corrected chi connectivity index (χ2v) is 3.85. The molecule has 1 aromatic rings. The van der Waals surface area contributed by atoms with Gasteiger partial charge in [-0.3, -0.25) is 0 Å². The van der Waals surface area contributed by atoms with Crippen LogP contribution in [0.1, 0.15) is 36.0 Å². The van der Waals surface area contributed by atoms with Crippen molar-refractivity contribution in [1.82, 2.24) is 15.3 Å². The van der Waals surface area contributed by atoms with E-state index >= 15 is 0 Å². The smallest absolute Gasteiger partial charge is 0.154 e. The van der Waals surface area contributed by atoms with Crippen LogP contribution in [-0.2, 0) is 17.8 Å². The Kier molecular flexibility index (Phi) is 3.28. The summed E-state index contributed by atoms with van der Waals surface area (Å²) in [6.07, 6.45) is 5.38. The van der Waals surface area contributed by atoms with E-state index < -0.39 is 0 Å². The Morgan fingerprint density at radius 1 is 1.60 bits per heavy atom. The number of ether oxygens (including phenoxy) is 1. The molecule has 1 heterocycles. The van der Waals surface area contributed by atoms with E-state index in [9.17, 15) is 0 Å². The first-order chi connectivity index (χ1) is 7.35. The van der Waals surface area contributed by atoms with Crippen LogP contribution >= 0.6 is 0 Å². The minimum absolute atomic E-state index is 0.422. The molecule has 1 aliphatic carbocycles. The predicted molar refractivity (Wildman–Crippen MR) is 57.5 cm³/mol. The number of methoxy groups -OCH3 is 1. The zero-order valence-corrected chi connectivity index (χ0v) is 9.29. The third kappa shape index (κ3) is 2.16. The quantitative estimate of drug-likeness (QED) is 0.809. The van der Waals surface area contributed by atoms with Crippen molar-refractivity contribution in [2.45, 2.75) is 31.9 Å². The van der Waals surface area contributed by atoms with Crippen molar-refractivity contribution in [3.05, 3.63) is 23.3 Å². The Bertz CT molecular complexity index is 341. The molecular weight excluding hydrogens is 190 g/mol. The summed E-state index contributed by atoms with van der Waals surface area (Å²) in [6, 6.07) is 0.422. The van der Waals surface area contributed by atoms with E-state index in [1.807, 2.05) is 13.2 Å². The predicted octanol–water partition coefficient (Wildman–Crippen LogP) is 1.22. The molecule has 1 aromatic heterocycles. The van der Waals surface area contributed by atoms with Gasteiger partial charge in [0.15, 0.2) is 5.82 Å². The van der Waals surface area contributed by atoms with Crippen LogP contribution in [0.4, 0.5) is 0 Å². The van der Waals surface area contributed by atoms with Crippen LogP contribution in [0.2, 0.25) is 0 Å². The van der Waals surface area contributed by atoms with E-state index in [1.165, 1.54) is 24.1 Å². The summed E-state index contributed by atoms with van der Waals surface area (Å²) in [5.74, 6) is 0.785. The van der Waals surface area contributed by atoms with Crippen molar-refractivity contribution in [3.8, 4) is 0 Å². The number of nitrogens with one attached hydrogen (secondary N) is 1. The molecule has 4 heteroatoms. The van der Waals surface area contributed by atoms with Crippen molar-refractivity contribution >= 4 is 0 Å². The molecule has 0 bridgehead atoms. The summed E-state index contributed by atoms with van der Waals surface area (Å²) in [5, 5.41) is 3.30. The van der Waals surface area contributed by atoms with Gasteiger partial charge in [-0.25, -0.2) is 9.97 Å². The lowest BCUT2D eigenvalue weighted by atomic mass is 9.92. The minimum Gasteiger partial charge on any atom is -0.377 e. The Balaban J connectivity index is 2.27. The lowest BCUT2D eigenvalue weighted by Crippen LogP contribution is -2.23. The number of aryl methyl sites for hydroxylation is 1. The molecule has 1 atom stereocenters. The molecule has 2 rings (SSSR count). The highest BCUT2D eigenvalue weighted by atomic mass is 16.5. The Morgan fingerprint density at radius 3 is 3.20 bits per heavy atom. The van der Waals surface area contributed by atoms with E-state index in [2.05, 4.69) is 15.3 Å². The average Bonchev–Trinajstić information content (AvgIpc) is 2.28. The number of fused-ring (bicyclic) bond motifs is 1. The maximum Gasteiger partial charge on any atom is 0.154 e. The van der Waals surface area contributed by atoms with Crippen LogP contribution in [0.3, 0.4) is 0 Å². The molecule has 4 nitrogen and oxygen atoms in total. The van der Waals surface area contributed by atoms with Crippen LogP contribution in [0.5, 0.6) is 0 Å². The van der Waals surface area contributed by atoms with Gasteiger partial charge in [0.2, 0.25) is 0 Å². The highest BCUT2D eigenvalue weighted by Gasteiger charge is 2.20. The van der Waals surface area contributed by atoms with Gasteiger partial charge in [0, 0.05) is 30.6 Å². The number of nitrogens with zero attached hydrogens (tertiary/aromatic N) is 2. The van der Waals surface area contributed by atoms with Gasteiger partial charge >= 0.3 is 0 Å². The standard InChI is InChI=1S/C11H17N3O/c1-12-9-4-3-5-10-8(9)6-13-11(14-10)7-15-2/h6,9,12H,3-5,7H2,1-2H3. The Labute approximate surface area is 90.1 Å². The van der Waals surface area contributed by atoms with Gasteiger partial charge in [0.25, 0.3) is 0 Å². The SMILES string of the molecule is CNC1CCCc2nc(COC)ncc21. The van der Waals surface area contributed by atoms with Crippen LogP contribution in [-0.4, -0.2) is 24.1 Å². The number of hydrogen-bond donors (Lipinski definition) is 1. The third-order valence-corrected chi connectivity index (χ3v) is 2.85. The van der Waals surface area contributed by atoms with Crippen LogP contribution < -0.4 is 5.32 Å². The molecule has 0 spiro atoms. The monoisotopic (exact) mass is 207 g/mol. The molecule has 0 saturated heterocycles. The minimum atomic E-state index is 0.422. The van der Waals surface area contributed by atoms with Gasteiger partial charge < -0.3 is 10.1 Å². The topological polar surface area (TPSA) is 47.0 Å². The van der Waals surface area contributed by atoms with Gasteiger partial charge in [-0.15, -0.1) is 0 Å². The van der Waals surface area contributed by atoms with E-state index in [4.69, 9.17) is 4.74 Å². The number of rotatable bonds is 3. The number of hydrogen-bond acceptors (Lipinski definition) is 4. The largest absolute Gasteiger partial charge is 0.377 e. The molecule has 1 aliphatic rings. The maximum absolute atomic E-state index is 5.03. The van der Waals surface area contributed by atoms with Crippen LogP contribution in [0.15, 0.2) is 6.20 Å². The van der Waals surface area contributed by atoms with E-state index in [1.54, 1.807) is 7.11 Å². The van der Waals surface area contributed by atoms with E-state index in [0.29, 0.717) is 12.6 Å². The summed E-state index contributed by atoms with van der Waals surface area (Å²) < 4.78 is 5.03. The molecule has 15 heavy (non-hydrogen) atoms. The second-order valence-electron chi connectivity index (χ2n) is 3.85. The lowest BCUT2D eigenvalue weighted by Gasteiger charge is -2.23. The van der Waals surface area contributed by atoms with E-state index in [-0.39, 0.29) is 0 Å². The first-order valence-electron chi connectivity index (χ1n) is 5.36. The van der Waals surface area contributed by atoms with Crippen molar-refractivity contribution in [1.29, 1.82) is 0 Å².